The minimum Gasteiger partial charge on any atom is -0.453 e. The van der Waals surface area contributed by atoms with Crippen molar-refractivity contribution < 1.29 is 9.53 Å². The van der Waals surface area contributed by atoms with Gasteiger partial charge in [-0.2, -0.15) is 10.4 Å². The molecular weight excluding hydrogens is 292 g/mol. The van der Waals surface area contributed by atoms with E-state index < -0.39 is 5.41 Å². The highest BCUT2D eigenvalue weighted by Crippen LogP contribution is 2.31. The summed E-state index contributed by atoms with van der Waals surface area (Å²) >= 11 is 0. The molecule has 0 aliphatic rings. The minimum atomic E-state index is -0.550. The number of carbonyl (C=O) groups excluding carboxylic acids is 1. The molecule has 0 aliphatic carbocycles. The number of hydrogen-bond acceptors (Lipinski definition) is 5. The molecule has 23 heavy (non-hydrogen) atoms. The summed E-state index contributed by atoms with van der Waals surface area (Å²) in [6, 6.07) is 6.82. The summed E-state index contributed by atoms with van der Waals surface area (Å²) in [6.45, 7) is 9.05. The van der Waals surface area contributed by atoms with Gasteiger partial charge in [-0.25, -0.2) is 4.68 Å². The van der Waals surface area contributed by atoms with Crippen LogP contribution in [0.2, 0.25) is 0 Å². The molecule has 0 saturated carbocycles. The highest BCUT2D eigenvalue weighted by Gasteiger charge is 2.27. The number of nitriles is 1. The summed E-state index contributed by atoms with van der Waals surface area (Å²) < 4.78 is 7.20. The average Bonchev–Trinajstić information content (AvgIpc) is 2.72. The Bertz CT molecular complexity index is 807. The number of rotatable bonds is 2. The number of benzene rings is 1. The molecule has 6 nitrogen and oxygen atoms in total. The molecule has 0 spiro atoms. The molecule has 1 heterocycles. The van der Waals surface area contributed by atoms with Crippen LogP contribution in [0.25, 0.3) is 0 Å². The molecule has 2 N–H and O–H groups in total. The molecule has 0 fully saturated rings. The smallest absolute Gasteiger partial charge is 0.252 e. The second kappa shape index (κ2) is 5.76. The van der Waals surface area contributed by atoms with Gasteiger partial charge in [0.1, 0.15) is 11.4 Å². The fourth-order valence-electron chi connectivity index (χ4n) is 2.15. The SMILES string of the molecule is Cc1nn(C(=O)C(C)(C)C)c(C)c1Oc1cc(N)cc(C#N)c1. The molecule has 1 aromatic carbocycles. The largest absolute Gasteiger partial charge is 0.453 e. The summed E-state index contributed by atoms with van der Waals surface area (Å²) in [5.74, 6) is 0.825. The first-order valence-electron chi connectivity index (χ1n) is 7.23. The number of hydrogen-bond donors (Lipinski definition) is 1. The van der Waals surface area contributed by atoms with Crippen LogP contribution >= 0.6 is 0 Å². The molecular formula is C17H20N4O2. The summed E-state index contributed by atoms with van der Waals surface area (Å²) in [5.41, 5.74) is 7.28. The molecule has 2 aromatic rings. The minimum absolute atomic E-state index is 0.113. The third-order valence-electron chi connectivity index (χ3n) is 3.34. The van der Waals surface area contributed by atoms with Crippen LogP contribution < -0.4 is 10.5 Å². The Kier molecular flexibility index (Phi) is 4.15. The van der Waals surface area contributed by atoms with Crippen molar-refractivity contribution in [3.8, 4) is 17.6 Å². The van der Waals surface area contributed by atoms with E-state index in [4.69, 9.17) is 15.7 Å². The summed E-state index contributed by atoms with van der Waals surface area (Å²) in [6.07, 6.45) is 0. The summed E-state index contributed by atoms with van der Waals surface area (Å²) in [5, 5.41) is 13.3. The molecule has 0 atom stereocenters. The van der Waals surface area contributed by atoms with E-state index in [1.807, 2.05) is 26.8 Å². The Balaban J connectivity index is 2.43. The van der Waals surface area contributed by atoms with Crippen LogP contribution in [0.5, 0.6) is 11.5 Å². The number of aromatic nitrogens is 2. The normalized spacial score (nSPS) is 11.1. The second-order valence-electron chi connectivity index (χ2n) is 6.47. The van der Waals surface area contributed by atoms with Crippen molar-refractivity contribution in [3.63, 3.8) is 0 Å². The molecule has 1 aromatic heterocycles. The topological polar surface area (TPSA) is 93.9 Å². The number of anilines is 1. The van der Waals surface area contributed by atoms with Crippen molar-refractivity contribution in [3.05, 3.63) is 35.2 Å². The molecule has 0 radical (unpaired) electrons. The Morgan fingerprint density at radius 3 is 2.52 bits per heavy atom. The molecule has 0 unspecified atom stereocenters. The number of nitrogens with two attached hydrogens (primary N) is 1. The zero-order chi connectivity index (χ0) is 17.4. The van der Waals surface area contributed by atoms with Crippen LogP contribution in [0.1, 0.15) is 42.5 Å². The van der Waals surface area contributed by atoms with E-state index in [0.29, 0.717) is 34.1 Å². The summed E-state index contributed by atoms with van der Waals surface area (Å²) in [4.78, 5) is 12.4. The van der Waals surface area contributed by atoms with Gasteiger partial charge >= 0.3 is 0 Å². The van der Waals surface area contributed by atoms with Crippen molar-refractivity contribution in [2.24, 2.45) is 5.41 Å². The zero-order valence-corrected chi connectivity index (χ0v) is 14.0. The van der Waals surface area contributed by atoms with Crippen molar-refractivity contribution in [2.45, 2.75) is 34.6 Å². The first-order valence-corrected chi connectivity index (χ1v) is 7.23. The predicted molar refractivity (Wildman–Crippen MR) is 87.4 cm³/mol. The standard InChI is InChI=1S/C17H20N4O2/c1-10-15(11(2)21(20-10)16(22)17(3,4)5)23-14-7-12(9-18)6-13(19)8-14/h6-8H,19H2,1-5H3. The van der Waals surface area contributed by atoms with Gasteiger partial charge in [-0.1, -0.05) is 20.8 Å². The maximum absolute atomic E-state index is 12.4. The number of nitrogen functional groups attached to an aromatic ring is 1. The zero-order valence-electron chi connectivity index (χ0n) is 14.0. The maximum Gasteiger partial charge on any atom is 0.252 e. The first kappa shape index (κ1) is 16.6. The second-order valence-corrected chi connectivity index (χ2v) is 6.47. The fourth-order valence-corrected chi connectivity index (χ4v) is 2.15. The van der Waals surface area contributed by atoms with Gasteiger partial charge in [0.25, 0.3) is 5.91 Å². The monoisotopic (exact) mass is 312 g/mol. The lowest BCUT2D eigenvalue weighted by Gasteiger charge is -2.17. The third-order valence-corrected chi connectivity index (χ3v) is 3.34. The van der Waals surface area contributed by atoms with Crippen LogP contribution in [0.4, 0.5) is 5.69 Å². The van der Waals surface area contributed by atoms with Crippen LogP contribution in [-0.2, 0) is 0 Å². The Labute approximate surface area is 135 Å². The fraction of sp³-hybridized carbons (Fsp3) is 0.353. The van der Waals surface area contributed by atoms with E-state index in [1.165, 1.54) is 4.68 Å². The van der Waals surface area contributed by atoms with Crippen LogP contribution in [0.15, 0.2) is 18.2 Å². The molecule has 0 aliphatic heterocycles. The van der Waals surface area contributed by atoms with Crippen LogP contribution in [-0.4, -0.2) is 15.7 Å². The highest BCUT2D eigenvalue weighted by molar-refractivity contribution is 5.84. The van der Waals surface area contributed by atoms with Gasteiger partial charge < -0.3 is 10.5 Å². The number of aryl methyl sites for hydroxylation is 1. The molecule has 120 valence electrons. The van der Waals surface area contributed by atoms with E-state index in [0.717, 1.165) is 0 Å². The van der Waals surface area contributed by atoms with Crippen LogP contribution in [0, 0.1) is 30.6 Å². The molecule has 6 heteroatoms. The first-order chi connectivity index (χ1) is 10.6. The molecule has 0 saturated heterocycles. The van der Waals surface area contributed by atoms with E-state index >= 15 is 0 Å². The highest BCUT2D eigenvalue weighted by atomic mass is 16.5. The quantitative estimate of drug-likeness (QED) is 0.857. The third kappa shape index (κ3) is 3.34. The Morgan fingerprint density at radius 1 is 1.30 bits per heavy atom. The lowest BCUT2D eigenvalue weighted by Crippen LogP contribution is -2.28. The van der Waals surface area contributed by atoms with Gasteiger partial charge in [0.2, 0.25) is 0 Å². The van der Waals surface area contributed by atoms with Gasteiger partial charge in [-0.3, -0.25) is 4.79 Å². The van der Waals surface area contributed by atoms with Crippen molar-refractivity contribution in [1.82, 2.24) is 9.78 Å². The average molecular weight is 312 g/mol. The predicted octanol–water partition coefficient (Wildman–Crippen LogP) is 3.43. The van der Waals surface area contributed by atoms with Gasteiger partial charge in [0.15, 0.2) is 5.75 Å². The molecule has 2 rings (SSSR count). The maximum atomic E-state index is 12.4. The van der Waals surface area contributed by atoms with E-state index in [1.54, 1.807) is 32.0 Å². The van der Waals surface area contributed by atoms with E-state index in [2.05, 4.69) is 5.10 Å². The number of nitrogens with zero attached hydrogens (tertiary/aromatic N) is 3. The number of ether oxygens (including phenoxy) is 1. The summed E-state index contributed by atoms with van der Waals surface area (Å²) in [7, 11) is 0. The van der Waals surface area contributed by atoms with Crippen molar-refractivity contribution >= 4 is 11.6 Å². The van der Waals surface area contributed by atoms with Gasteiger partial charge in [-0.15, -0.1) is 0 Å². The van der Waals surface area contributed by atoms with E-state index in [9.17, 15) is 4.79 Å². The van der Waals surface area contributed by atoms with Crippen molar-refractivity contribution in [1.29, 1.82) is 5.26 Å². The van der Waals surface area contributed by atoms with Crippen molar-refractivity contribution in [2.75, 3.05) is 5.73 Å². The van der Waals surface area contributed by atoms with Gasteiger partial charge in [-0.05, 0) is 26.0 Å². The van der Waals surface area contributed by atoms with E-state index in [-0.39, 0.29) is 5.91 Å². The molecule has 0 bridgehead atoms. The van der Waals surface area contributed by atoms with Gasteiger partial charge in [0, 0.05) is 17.2 Å². The Hall–Kier alpha value is -2.81. The van der Waals surface area contributed by atoms with Gasteiger partial charge in [0.05, 0.1) is 17.3 Å². The number of carbonyl (C=O) groups is 1. The lowest BCUT2D eigenvalue weighted by molar-refractivity contribution is 0.0745. The Morgan fingerprint density at radius 2 is 1.96 bits per heavy atom. The lowest BCUT2D eigenvalue weighted by atomic mass is 9.96. The van der Waals surface area contributed by atoms with Crippen LogP contribution in [0.3, 0.4) is 0 Å². The molecule has 0 amide bonds.